The molecule has 0 aliphatic carbocycles. The van der Waals surface area contributed by atoms with Crippen molar-refractivity contribution in [1.82, 2.24) is 19.6 Å². The average Bonchev–Trinajstić information content (AvgIpc) is 2.83. The van der Waals surface area contributed by atoms with Crippen LogP contribution in [0, 0.1) is 10.1 Å². The summed E-state index contributed by atoms with van der Waals surface area (Å²) in [6, 6.07) is 1.71. The van der Waals surface area contributed by atoms with Gasteiger partial charge in [-0.15, -0.1) is 0 Å². The predicted octanol–water partition coefficient (Wildman–Crippen LogP) is 1.64. The minimum Gasteiger partial charge on any atom is -0.258 e. The zero-order valence-electron chi connectivity index (χ0n) is 9.86. The normalized spacial score (nSPS) is 11.1. The van der Waals surface area contributed by atoms with E-state index in [9.17, 15) is 10.1 Å². The lowest BCUT2D eigenvalue weighted by Gasteiger charge is -2.00. The summed E-state index contributed by atoms with van der Waals surface area (Å²) < 4.78 is 2.94. The lowest BCUT2D eigenvalue weighted by Crippen LogP contribution is -2.05. The fourth-order valence-corrected chi connectivity index (χ4v) is 1.74. The van der Waals surface area contributed by atoms with Crippen LogP contribution in [0.2, 0.25) is 0 Å². The number of nitro groups is 1. The third kappa shape index (κ3) is 1.79. The third-order valence-corrected chi connectivity index (χ3v) is 2.47. The molecule has 7 nitrogen and oxygen atoms in total. The van der Waals surface area contributed by atoms with E-state index in [1.165, 1.54) is 9.36 Å². The molecule has 2 heterocycles. The van der Waals surface area contributed by atoms with Crippen molar-refractivity contribution in [2.24, 2.45) is 7.05 Å². The summed E-state index contributed by atoms with van der Waals surface area (Å²) in [5.41, 5.74) is 0.495. The molecule has 7 heteroatoms. The second kappa shape index (κ2) is 4.00. The Hall–Kier alpha value is -2.18. The molecule has 0 spiro atoms. The van der Waals surface area contributed by atoms with E-state index in [1.807, 2.05) is 13.8 Å². The Bertz CT molecular complexity index is 541. The van der Waals surface area contributed by atoms with Gasteiger partial charge >= 0.3 is 5.69 Å². The first-order valence-electron chi connectivity index (χ1n) is 5.23. The van der Waals surface area contributed by atoms with Crippen molar-refractivity contribution in [2.75, 3.05) is 0 Å². The highest BCUT2D eigenvalue weighted by Gasteiger charge is 2.29. The molecule has 0 aromatic carbocycles. The lowest BCUT2D eigenvalue weighted by atomic mass is 10.1. The minimum atomic E-state index is -0.403. The number of aromatic nitrogens is 4. The molecule has 0 unspecified atom stereocenters. The Balaban J connectivity index is 2.70. The largest absolute Gasteiger partial charge is 0.336 e. The summed E-state index contributed by atoms with van der Waals surface area (Å²) in [4.78, 5) is 10.8. The van der Waals surface area contributed by atoms with Crippen molar-refractivity contribution in [3.63, 3.8) is 0 Å². The van der Waals surface area contributed by atoms with Crippen LogP contribution < -0.4 is 0 Å². The van der Waals surface area contributed by atoms with Crippen LogP contribution in [0.15, 0.2) is 18.5 Å². The van der Waals surface area contributed by atoms with Crippen LogP contribution in [0.3, 0.4) is 0 Å². The molecule has 0 radical (unpaired) electrons. The van der Waals surface area contributed by atoms with Crippen LogP contribution in [-0.4, -0.2) is 24.5 Å². The van der Waals surface area contributed by atoms with Crippen LogP contribution in [0.25, 0.3) is 5.82 Å². The summed E-state index contributed by atoms with van der Waals surface area (Å²) in [6.07, 6.45) is 3.24. The van der Waals surface area contributed by atoms with Gasteiger partial charge in [0.1, 0.15) is 5.69 Å². The minimum absolute atomic E-state index is 0.00841. The van der Waals surface area contributed by atoms with Crippen molar-refractivity contribution in [3.05, 3.63) is 34.3 Å². The molecule has 0 N–H and O–H groups in total. The van der Waals surface area contributed by atoms with Gasteiger partial charge < -0.3 is 0 Å². The maximum Gasteiger partial charge on any atom is 0.336 e. The summed E-state index contributed by atoms with van der Waals surface area (Å²) in [6.45, 7) is 3.75. The molecular formula is C10H13N5O2. The van der Waals surface area contributed by atoms with Crippen molar-refractivity contribution in [3.8, 4) is 5.82 Å². The Morgan fingerprint density at radius 2 is 2.18 bits per heavy atom. The SMILES string of the molecule is CC(C)c1nn(C)c(-n2cccn2)c1[N+](=O)[O-]. The van der Waals surface area contributed by atoms with E-state index in [0.29, 0.717) is 11.5 Å². The average molecular weight is 235 g/mol. The number of aryl methyl sites for hydroxylation is 1. The summed E-state index contributed by atoms with van der Waals surface area (Å²) >= 11 is 0. The van der Waals surface area contributed by atoms with E-state index in [2.05, 4.69) is 10.2 Å². The highest BCUT2D eigenvalue weighted by molar-refractivity contribution is 5.52. The van der Waals surface area contributed by atoms with Crippen LogP contribution in [0.4, 0.5) is 5.69 Å². The highest BCUT2D eigenvalue weighted by Crippen LogP contribution is 2.30. The third-order valence-electron chi connectivity index (χ3n) is 2.47. The van der Waals surface area contributed by atoms with E-state index < -0.39 is 4.92 Å². The Kier molecular flexibility index (Phi) is 2.66. The second-order valence-corrected chi connectivity index (χ2v) is 4.04. The monoisotopic (exact) mass is 235 g/mol. The molecule has 0 fully saturated rings. The van der Waals surface area contributed by atoms with Crippen molar-refractivity contribution in [1.29, 1.82) is 0 Å². The van der Waals surface area contributed by atoms with E-state index in [4.69, 9.17) is 0 Å². The number of hydrogen-bond acceptors (Lipinski definition) is 4. The van der Waals surface area contributed by atoms with Gasteiger partial charge in [0, 0.05) is 25.4 Å². The maximum atomic E-state index is 11.2. The Morgan fingerprint density at radius 3 is 2.65 bits per heavy atom. The number of rotatable bonds is 3. The molecule has 0 bridgehead atoms. The van der Waals surface area contributed by atoms with Gasteiger partial charge in [0.25, 0.3) is 0 Å². The zero-order chi connectivity index (χ0) is 12.6. The van der Waals surface area contributed by atoms with Gasteiger partial charge in [-0.1, -0.05) is 13.8 Å². The van der Waals surface area contributed by atoms with Crippen LogP contribution >= 0.6 is 0 Å². The van der Waals surface area contributed by atoms with E-state index in [-0.39, 0.29) is 11.6 Å². The topological polar surface area (TPSA) is 78.8 Å². The first-order chi connectivity index (χ1) is 8.02. The standard InChI is InChI=1S/C10H13N5O2/c1-7(2)8-9(15(16)17)10(13(3)12-8)14-6-4-5-11-14/h4-7H,1-3H3. The van der Waals surface area contributed by atoms with Gasteiger partial charge in [0.15, 0.2) is 0 Å². The molecule has 0 amide bonds. The zero-order valence-corrected chi connectivity index (χ0v) is 9.86. The summed E-state index contributed by atoms with van der Waals surface area (Å²) in [5.74, 6) is 0.370. The predicted molar refractivity (Wildman–Crippen MR) is 61.1 cm³/mol. The molecule has 0 aliphatic heterocycles. The molecular weight excluding hydrogens is 222 g/mol. The van der Waals surface area contributed by atoms with Gasteiger partial charge in [-0.2, -0.15) is 10.2 Å². The van der Waals surface area contributed by atoms with Crippen LogP contribution in [0.1, 0.15) is 25.5 Å². The molecule has 0 atom stereocenters. The Morgan fingerprint density at radius 1 is 1.47 bits per heavy atom. The molecule has 0 aliphatic rings. The van der Waals surface area contributed by atoms with Gasteiger partial charge in [-0.25, -0.2) is 9.36 Å². The van der Waals surface area contributed by atoms with Crippen LogP contribution in [-0.2, 0) is 7.05 Å². The molecule has 0 saturated heterocycles. The summed E-state index contributed by atoms with van der Waals surface area (Å²) in [5, 5.41) is 19.4. The molecule has 2 rings (SSSR count). The fourth-order valence-electron chi connectivity index (χ4n) is 1.74. The molecule has 2 aromatic heterocycles. The van der Waals surface area contributed by atoms with Gasteiger partial charge in [0.2, 0.25) is 5.82 Å². The summed E-state index contributed by atoms with van der Waals surface area (Å²) in [7, 11) is 1.68. The number of nitrogens with zero attached hydrogens (tertiary/aromatic N) is 5. The van der Waals surface area contributed by atoms with Crippen LogP contribution in [0.5, 0.6) is 0 Å². The highest BCUT2D eigenvalue weighted by atomic mass is 16.6. The van der Waals surface area contributed by atoms with Crippen molar-refractivity contribution >= 4 is 5.69 Å². The second-order valence-electron chi connectivity index (χ2n) is 4.04. The van der Waals surface area contributed by atoms with E-state index >= 15 is 0 Å². The van der Waals surface area contributed by atoms with E-state index in [1.54, 1.807) is 25.5 Å². The number of hydrogen-bond donors (Lipinski definition) is 0. The molecule has 90 valence electrons. The van der Waals surface area contributed by atoms with Gasteiger partial charge in [-0.05, 0) is 6.07 Å². The maximum absolute atomic E-state index is 11.2. The van der Waals surface area contributed by atoms with Gasteiger partial charge in [-0.3, -0.25) is 10.1 Å². The Labute approximate surface area is 97.8 Å². The van der Waals surface area contributed by atoms with Gasteiger partial charge in [0.05, 0.1) is 4.92 Å². The molecule has 17 heavy (non-hydrogen) atoms. The van der Waals surface area contributed by atoms with Crippen molar-refractivity contribution < 1.29 is 4.92 Å². The van der Waals surface area contributed by atoms with E-state index in [0.717, 1.165) is 0 Å². The molecule has 0 saturated carbocycles. The quantitative estimate of drug-likeness (QED) is 0.598. The van der Waals surface area contributed by atoms with Crippen molar-refractivity contribution in [2.45, 2.75) is 19.8 Å². The first kappa shape index (κ1) is 11.3. The first-order valence-corrected chi connectivity index (χ1v) is 5.23. The molecule has 2 aromatic rings. The smallest absolute Gasteiger partial charge is 0.258 e. The lowest BCUT2D eigenvalue weighted by molar-refractivity contribution is -0.385. The fraction of sp³-hybridized carbons (Fsp3) is 0.400.